The van der Waals surface area contributed by atoms with Gasteiger partial charge in [-0.15, -0.1) is 0 Å². The summed E-state index contributed by atoms with van der Waals surface area (Å²) in [7, 11) is 2.14. The molecule has 1 aromatic rings. The zero-order valence-corrected chi connectivity index (χ0v) is 14.3. The van der Waals surface area contributed by atoms with E-state index in [1.807, 2.05) is 20.8 Å². The highest BCUT2D eigenvalue weighted by Crippen LogP contribution is 2.10. The first-order valence-electron chi connectivity index (χ1n) is 7.75. The molecule has 0 aliphatic rings. The largest absolute Gasteiger partial charge is 0.365 e. The normalized spacial score (nSPS) is 12.2. The summed E-state index contributed by atoms with van der Waals surface area (Å²) in [5.41, 5.74) is -0.277. The molecule has 21 heavy (non-hydrogen) atoms. The maximum absolute atomic E-state index is 12.3. The predicted octanol–water partition coefficient (Wildman–Crippen LogP) is 2.53. The first kappa shape index (κ1) is 17.7. The summed E-state index contributed by atoms with van der Waals surface area (Å²) in [6.45, 7) is 12.3. The van der Waals surface area contributed by atoms with E-state index in [2.05, 4.69) is 36.1 Å². The maximum Gasteiger partial charge on any atom is 0.293 e. The van der Waals surface area contributed by atoms with Crippen LogP contribution < -0.4 is 10.9 Å². The van der Waals surface area contributed by atoms with Gasteiger partial charge in [0.05, 0.1) is 0 Å². The first-order chi connectivity index (χ1) is 9.73. The van der Waals surface area contributed by atoms with Crippen molar-refractivity contribution in [3.05, 3.63) is 22.7 Å². The van der Waals surface area contributed by atoms with Gasteiger partial charge in [-0.1, -0.05) is 0 Å². The zero-order valence-electron chi connectivity index (χ0n) is 14.3. The molecule has 0 radical (unpaired) electrons. The zero-order chi connectivity index (χ0) is 16.0. The summed E-state index contributed by atoms with van der Waals surface area (Å²) in [6.07, 6.45) is 5.57. The topological polar surface area (TPSA) is 50.2 Å². The van der Waals surface area contributed by atoms with Crippen molar-refractivity contribution in [2.24, 2.45) is 0 Å². The van der Waals surface area contributed by atoms with Crippen molar-refractivity contribution in [2.75, 3.05) is 25.5 Å². The van der Waals surface area contributed by atoms with E-state index in [4.69, 9.17) is 0 Å². The number of nitrogens with zero attached hydrogens (tertiary/aromatic N) is 3. The Morgan fingerprint density at radius 2 is 2.00 bits per heavy atom. The molecule has 0 aliphatic heterocycles. The molecule has 0 spiro atoms. The van der Waals surface area contributed by atoms with Crippen LogP contribution in [0.2, 0.25) is 0 Å². The molecule has 0 aromatic carbocycles. The van der Waals surface area contributed by atoms with Gasteiger partial charge < -0.3 is 14.8 Å². The van der Waals surface area contributed by atoms with Gasteiger partial charge in [-0.25, -0.2) is 4.98 Å². The molecule has 0 saturated carbocycles. The van der Waals surface area contributed by atoms with Gasteiger partial charge in [0, 0.05) is 30.5 Å². The van der Waals surface area contributed by atoms with Crippen molar-refractivity contribution in [1.82, 2.24) is 14.5 Å². The third kappa shape index (κ3) is 5.50. The SMILES string of the molecule is CC(C)N(C)CCCCNc1nccn(C(C)(C)C)c1=O. The van der Waals surface area contributed by atoms with Crippen LogP contribution in [0.1, 0.15) is 47.5 Å². The Morgan fingerprint density at radius 3 is 2.57 bits per heavy atom. The minimum atomic E-state index is -0.226. The molecule has 1 rings (SSSR count). The molecule has 120 valence electrons. The van der Waals surface area contributed by atoms with E-state index in [0.717, 1.165) is 25.9 Å². The van der Waals surface area contributed by atoms with Gasteiger partial charge in [0.1, 0.15) is 0 Å². The third-order valence-corrected chi connectivity index (χ3v) is 3.68. The van der Waals surface area contributed by atoms with Crippen molar-refractivity contribution < 1.29 is 0 Å². The lowest BCUT2D eigenvalue weighted by molar-refractivity contribution is 0.269. The third-order valence-electron chi connectivity index (χ3n) is 3.68. The fraction of sp³-hybridized carbons (Fsp3) is 0.750. The number of nitrogens with one attached hydrogen (secondary N) is 1. The minimum absolute atomic E-state index is 0.0516. The van der Waals surface area contributed by atoms with Gasteiger partial charge in [-0.2, -0.15) is 0 Å². The van der Waals surface area contributed by atoms with Crippen LogP contribution in [0, 0.1) is 0 Å². The number of hydrogen-bond acceptors (Lipinski definition) is 4. The van der Waals surface area contributed by atoms with Crippen LogP contribution in [0.3, 0.4) is 0 Å². The molecule has 0 fully saturated rings. The molecular formula is C16H30N4O. The summed E-state index contributed by atoms with van der Waals surface area (Å²) in [5.74, 6) is 0.449. The van der Waals surface area contributed by atoms with E-state index in [1.165, 1.54) is 0 Å². The molecule has 0 amide bonds. The summed E-state index contributed by atoms with van der Waals surface area (Å²) < 4.78 is 1.72. The summed E-state index contributed by atoms with van der Waals surface area (Å²) in [5, 5.41) is 3.17. The Balaban J connectivity index is 2.49. The first-order valence-corrected chi connectivity index (χ1v) is 7.75. The Kier molecular flexibility index (Phi) is 6.40. The second-order valence-electron chi connectivity index (χ2n) is 6.83. The Labute approximate surface area is 128 Å². The molecule has 0 unspecified atom stereocenters. The molecule has 0 saturated heterocycles. The van der Waals surface area contributed by atoms with Crippen LogP contribution in [0.15, 0.2) is 17.2 Å². The van der Waals surface area contributed by atoms with Gasteiger partial charge in [0.15, 0.2) is 5.82 Å². The van der Waals surface area contributed by atoms with Crippen LogP contribution in [-0.4, -0.2) is 40.6 Å². The molecule has 1 heterocycles. The fourth-order valence-electron chi connectivity index (χ4n) is 2.01. The van der Waals surface area contributed by atoms with Crippen LogP contribution in [0.4, 0.5) is 5.82 Å². The molecule has 5 nitrogen and oxygen atoms in total. The number of anilines is 1. The highest BCUT2D eigenvalue weighted by Gasteiger charge is 2.16. The Bertz CT molecular complexity index is 488. The maximum atomic E-state index is 12.3. The molecule has 1 aromatic heterocycles. The van der Waals surface area contributed by atoms with Crippen molar-refractivity contribution in [3.63, 3.8) is 0 Å². The lowest BCUT2D eigenvalue weighted by Crippen LogP contribution is -2.35. The summed E-state index contributed by atoms with van der Waals surface area (Å²) >= 11 is 0. The van der Waals surface area contributed by atoms with Crippen LogP contribution in [-0.2, 0) is 5.54 Å². The average Bonchev–Trinajstić information content (AvgIpc) is 2.38. The lowest BCUT2D eigenvalue weighted by atomic mass is 10.1. The summed E-state index contributed by atoms with van der Waals surface area (Å²) in [6, 6.07) is 0.577. The van der Waals surface area contributed by atoms with Gasteiger partial charge in [-0.3, -0.25) is 4.79 Å². The van der Waals surface area contributed by atoms with E-state index >= 15 is 0 Å². The van der Waals surface area contributed by atoms with E-state index in [-0.39, 0.29) is 11.1 Å². The monoisotopic (exact) mass is 294 g/mol. The molecular weight excluding hydrogens is 264 g/mol. The highest BCUT2D eigenvalue weighted by molar-refractivity contribution is 5.30. The number of aromatic nitrogens is 2. The fourth-order valence-corrected chi connectivity index (χ4v) is 2.01. The van der Waals surface area contributed by atoms with Crippen LogP contribution in [0.5, 0.6) is 0 Å². The summed E-state index contributed by atoms with van der Waals surface area (Å²) in [4.78, 5) is 18.8. The van der Waals surface area contributed by atoms with Crippen LogP contribution in [0.25, 0.3) is 0 Å². The van der Waals surface area contributed by atoms with E-state index in [1.54, 1.807) is 17.0 Å². The van der Waals surface area contributed by atoms with Crippen molar-refractivity contribution >= 4 is 5.82 Å². The van der Waals surface area contributed by atoms with Gasteiger partial charge in [-0.05, 0) is 61.1 Å². The van der Waals surface area contributed by atoms with Crippen molar-refractivity contribution in [1.29, 1.82) is 0 Å². The molecule has 0 atom stereocenters. The smallest absolute Gasteiger partial charge is 0.293 e. The number of hydrogen-bond donors (Lipinski definition) is 1. The molecule has 0 bridgehead atoms. The molecule has 0 aliphatic carbocycles. The second-order valence-corrected chi connectivity index (χ2v) is 6.83. The molecule has 5 heteroatoms. The Morgan fingerprint density at radius 1 is 1.33 bits per heavy atom. The lowest BCUT2D eigenvalue weighted by Gasteiger charge is -2.22. The van der Waals surface area contributed by atoms with Crippen molar-refractivity contribution in [2.45, 2.75) is 59.0 Å². The standard InChI is InChI=1S/C16H30N4O/c1-13(2)19(6)11-8-7-9-17-14-15(21)20(12-10-18-14)16(3,4)5/h10,12-13H,7-9,11H2,1-6H3,(H,17,18). The predicted molar refractivity (Wildman–Crippen MR) is 89.0 cm³/mol. The minimum Gasteiger partial charge on any atom is -0.365 e. The quantitative estimate of drug-likeness (QED) is 0.785. The van der Waals surface area contributed by atoms with Gasteiger partial charge >= 0.3 is 0 Å². The number of unbranched alkanes of at least 4 members (excludes halogenated alkanes) is 1. The highest BCUT2D eigenvalue weighted by atomic mass is 16.1. The average molecular weight is 294 g/mol. The molecule has 1 N–H and O–H groups in total. The van der Waals surface area contributed by atoms with E-state index in [9.17, 15) is 4.79 Å². The van der Waals surface area contributed by atoms with Crippen molar-refractivity contribution in [3.8, 4) is 0 Å². The second kappa shape index (κ2) is 7.59. The van der Waals surface area contributed by atoms with Gasteiger partial charge in [0.2, 0.25) is 0 Å². The van der Waals surface area contributed by atoms with Crippen LogP contribution >= 0.6 is 0 Å². The Hall–Kier alpha value is -1.36. The van der Waals surface area contributed by atoms with Gasteiger partial charge in [0.25, 0.3) is 5.56 Å². The number of rotatable bonds is 7. The van der Waals surface area contributed by atoms with E-state index < -0.39 is 0 Å². The van der Waals surface area contributed by atoms with E-state index in [0.29, 0.717) is 11.9 Å².